The zero-order valence-corrected chi connectivity index (χ0v) is 37.9. The fourth-order valence-electron chi connectivity index (χ4n) is 7.98. The molecular formula is C48H56N6O8S2. The molecule has 0 spiro atoms. The van der Waals surface area contributed by atoms with Crippen LogP contribution in [-0.4, -0.2) is 113 Å². The van der Waals surface area contributed by atoms with Gasteiger partial charge in [-0.2, -0.15) is 0 Å². The van der Waals surface area contributed by atoms with Gasteiger partial charge in [0.15, 0.2) is 0 Å². The molecule has 16 heteroatoms. The van der Waals surface area contributed by atoms with Crippen molar-refractivity contribution in [2.45, 2.75) is 98.0 Å². The molecule has 2 saturated heterocycles. The third-order valence-electron chi connectivity index (χ3n) is 11.3. The minimum atomic E-state index is -1.22. The van der Waals surface area contributed by atoms with Crippen LogP contribution in [0.15, 0.2) is 121 Å². The van der Waals surface area contributed by atoms with Gasteiger partial charge in [-0.05, 0) is 49.9 Å². The average molecular weight is 909 g/mol. The fourth-order valence-corrected chi connectivity index (χ4v) is 10.9. The van der Waals surface area contributed by atoms with Crippen LogP contribution in [0.4, 0.5) is 0 Å². The molecule has 0 aromatic heterocycles. The maximum absolute atomic E-state index is 15.2. The molecule has 4 aromatic rings. The molecule has 2 aliphatic rings. The molecule has 2 heterocycles. The summed E-state index contributed by atoms with van der Waals surface area (Å²) >= 11 is 2.52. The number of amides is 4. The van der Waals surface area contributed by atoms with Crippen molar-refractivity contribution >= 4 is 59.1 Å². The van der Waals surface area contributed by atoms with E-state index in [4.69, 9.17) is 0 Å². The molecule has 2 fully saturated rings. The van der Waals surface area contributed by atoms with E-state index in [1.54, 1.807) is 37.5 Å². The smallest absolute Gasteiger partial charge is 0.322 e. The number of nitrogens with one attached hydrogen (secondary N) is 4. The minimum Gasteiger partial charge on any atom is -0.480 e. The lowest BCUT2D eigenvalue weighted by Crippen LogP contribution is -2.59. The Kier molecular flexibility index (Phi) is 15.9. The van der Waals surface area contributed by atoms with Gasteiger partial charge in [0.05, 0.1) is 23.6 Å². The second-order valence-corrected chi connectivity index (χ2v) is 20.7. The summed E-state index contributed by atoms with van der Waals surface area (Å²) in [5.41, 5.74) is 3.02. The lowest BCUT2D eigenvalue weighted by atomic mass is 10.0. The zero-order valence-electron chi connectivity index (χ0n) is 36.3. The second-order valence-electron chi connectivity index (χ2n) is 17.1. The first-order valence-corrected chi connectivity index (χ1v) is 22.9. The minimum absolute atomic E-state index is 0.0179. The van der Waals surface area contributed by atoms with Crippen molar-refractivity contribution in [2.75, 3.05) is 13.1 Å². The van der Waals surface area contributed by atoms with E-state index in [0.717, 1.165) is 22.3 Å². The van der Waals surface area contributed by atoms with E-state index in [9.17, 15) is 29.4 Å². The van der Waals surface area contributed by atoms with Crippen LogP contribution >= 0.6 is 23.5 Å². The van der Waals surface area contributed by atoms with Gasteiger partial charge in [0, 0.05) is 35.7 Å². The summed E-state index contributed by atoms with van der Waals surface area (Å²) in [6.07, 6.45) is -0.0358. The predicted molar refractivity (Wildman–Crippen MR) is 248 cm³/mol. The Bertz CT molecular complexity index is 2090. The van der Waals surface area contributed by atoms with Crippen LogP contribution in [0, 0.1) is 0 Å². The van der Waals surface area contributed by atoms with Crippen LogP contribution in [0.3, 0.4) is 0 Å². The van der Waals surface area contributed by atoms with Crippen molar-refractivity contribution < 1.29 is 39.0 Å². The number of nitrogens with zero attached hydrogens (tertiary/aromatic N) is 2. The number of hydrogen-bond acceptors (Lipinski definition) is 10. The van der Waals surface area contributed by atoms with E-state index in [2.05, 4.69) is 21.3 Å². The highest BCUT2D eigenvalue weighted by Crippen LogP contribution is 2.41. The first-order valence-electron chi connectivity index (χ1n) is 21.2. The molecule has 64 heavy (non-hydrogen) atoms. The molecule has 0 aliphatic carbocycles. The molecule has 0 bridgehead atoms. The lowest BCUT2D eigenvalue weighted by molar-refractivity contribution is -0.142. The molecule has 338 valence electrons. The molecule has 0 saturated carbocycles. The highest BCUT2D eigenvalue weighted by molar-refractivity contribution is 8.01. The van der Waals surface area contributed by atoms with Gasteiger partial charge in [-0.1, -0.05) is 121 Å². The van der Waals surface area contributed by atoms with Crippen molar-refractivity contribution in [2.24, 2.45) is 0 Å². The number of benzene rings is 4. The third-order valence-corrected chi connectivity index (χ3v) is 14.3. The van der Waals surface area contributed by atoms with Crippen molar-refractivity contribution in [1.82, 2.24) is 31.1 Å². The lowest BCUT2D eigenvalue weighted by Gasteiger charge is -2.35. The highest BCUT2D eigenvalue weighted by atomic mass is 32.2. The van der Waals surface area contributed by atoms with Crippen molar-refractivity contribution in [1.29, 1.82) is 0 Å². The summed E-state index contributed by atoms with van der Waals surface area (Å²) in [5, 5.41) is 30.8. The van der Waals surface area contributed by atoms with Gasteiger partial charge in [0.1, 0.15) is 24.2 Å². The first-order chi connectivity index (χ1) is 30.5. The Morgan fingerprint density at radius 2 is 0.828 bits per heavy atom. The maximum Gasteiger partial charge on any atom is 0.322 e. The molecule has 6 rings (SSSR count). The first kappa shape index (κ1) is 47.8. The topological polar surface area (TPSA) is 197 Å². The number of carboxylic acid groups (broad SMARTS) is 2. The van der Waals surface area contributed by atoms with Gasteiger partial charge in [0.25, 0.3) is 0 Å². The molecule has 6 N–H and O–H groups in total. The second kappa shape index (κ2) is 21.3. The van der Waals surface area contributed by atoms with Gasteiger partial charge in [-0.15, -0.1) is 23.5 Å². The number of carbonyl (C=O) groups is 6. The normalized spacial score (nSPS) is 20.6. The largest absolute Gasteiger partial charge is 0.480 e. The Morgan fingerprint density at radius 3 is 1.11 bits per heavy atom. The molecule has 6 atom stereocenters. The number of thioether (sulfide) groups is 2. The molecule has 2 aliphatic heterocycles. The summed E-state index contributed by atoms with van der Waals surface area (Å²) in [4.78, 5) is 85.8. The zero-order chi connectivity index (χ0) is 46.0. The van der Waals surface area contributed by atoms with Crippen LogP contribution in [0.2, 0.25) is 0 Å². The SMILES string of the molecule is CC1(C)SC([C@H](NC(=O)Cc2ccccc2)C(=O)N(CCN(Cc2ccccc2)C(=O)[C@@H](NC(=O)Cc2ccccc2)[C@@H]2N[C@H](C(=O)O)C(C)(C)S2)Cc2ccccc2)NC1C(=O)O. The van der Waals surface area contributed by atoms with Crippen LogP contribution in [0.1, 0.15) is 49.9 Å². The van der Waals surface area contributed by atoms with Crippen LogP contribution < -0.4 is 21.3 Å². The van der Waals surface area contributed by atoms with Crippen LogP contribution in [-0.2, 0) is 54.7 Å². The Hall–Kier alpha value is -5.68. The number of hydrogen-bond donors (Lipinski definition) is 6. The third kappa shape index (κ3) is 12.5. The summed E-state index contributed by atoms with van der Waals surface area (Å²) in [5.74, 6) is -4.01. The standard InChI is InChI=1S/C48H56N6O8S2/c1-47(2)39(45(59)60)51-41(63-47)37(49-35(55)27-31-17-9-5-10-18-31)43(57)53(29-33-21-13-7-14-22-33)25-26-54(30-34-23-15-8-16-24-34)44(58)38(42-52-40(46(61)62)48(3,4)64-42)50-36(56)28-32-19-11-6-12-20-32/h5-24,37-42,51-52H,25-30H2,1-4H3,(H,49,55)(H,50,56)(H,59,60)(H,61,62)/t37-,38-,39+,40?,41+,42?/m0/s1. The molecule has 2 unspecified atom stereocenters. The summed E-state index contributed by atoms with van der Waals surface area (Å²) < 4.78 is -1.69. The molecular weight excluding hydrogens is 853 g/mol. The number of aliphatic carboxylic acids is 2. The molecule has 0 radical (unpaired) electrons. The van der Waals surface area contributed by atoms with Gasteiger partial charge < -0.3 is 30.6 Å². The van der Waals surface area contributed by atoms with Gasteiger partial charge in [-0.3, -0.25) is 39.4 Å². The Balaban J connectivity index is 1.34. The van der Waals surface area contributed by atoms with E-state index in [0.29, 0.717) is 0 Å². The van der Waals surface area contributed by atoms with E-state index in [1.165, 1.54) is 23.5 Å². The van der Waals surface area contributed by atoms with Crippen LogP contribution in [0.25, 0.3) is 0 Å². The average Bonchev–Trinajstić information content (AvgIpc) is 3.77. The van der Waals surface area contributed by atoms with Gasteiger partial charge in [0.2, 0.25) is 23.6 Å². The van der Waals surface area contributed by atoms with E-state index in [1.807, 2.05) is 121 Å². The molecule has 4 amide bonds. The highest BCUT2D eigenvalue weighted by Gasteiger charge is 2.51. The molecule has 4 aromatic carbocycles. The van der Waals surface area contributed by atoms with E-state index in [-0.39, 0.29) is 39.0 Å². The van der Waals surface area contributed by atoms with Crippen LogP contribution in [0.5, 0.6) is 0 Å². The number of rotatable bonds is 19. The monoisotopic (exact) mass is 908 g/mol. The summed E-state index contributed by atoms with van der Waals surface area (Å²) in [6, 6.07) is 32.2. The summed E-state index contributed by atoms with van der Waals surface area (Å²) in [7, 11) is 0. The Morgan fingerprint density at radius 1 is 0.531 bits per heavy atom. The Labute approximate surface area is 382 Å². The van der Waals surface area contributed by atoms with Crippen molar-refractivity contribution in [3.05, 3.63) is 144 Å². The molecule has 14 nitrogen and oxygen atoms in total. The number of carboxylic acids is 2. The van der Waals surface area contributed by atoms with Gasteiger partial charge >= 0.3 is 11.9 Å². The van der Waals surface area contributed by atoms with E-state index < -0.39 is 80.0 Å². The predicted octanol–water partition coefficient (Wildman–Crippen LogP) is 4.29. The van der Waals surface area contributed by atoms with Gasteiger partial charge in [-0.25, -0.2) is 0 Å². The number of carbonyl (C=O) groups excluding carboxylic acids is 4. The van der Waals surface area contributed by atoms with Crippen molar-refractivity contribution in [3.8, 4) is 0 Å². The summed E-state index contributed by atoms with van der Waals surface area (Å²) in [6.45, 7) is 7.23. The quantitative estimate of drug-likeness (QED) is 0.0783. The fraction of sp³-hybridized carbons (Fsp3) is 0.375. The van der Waals surface area contributed by atoms with Crippen molar-refractivity contribution in [3.63, 3.8) is 0 Å². The maximum atomic E-state index is 15.2. The van der Waals surface area contributed by atoms with E-state index >= 15 is 9.59 Å².